The Hall–Kier alpha value is -0.500. The highest BCUT2D eigenvalue weighted by Crippen LogP contribution is 2.42. The molecule has 1 aliphatic heterocycles. The highest BCUT2D eigenvalue weighted by atomic mass is 15.6. The third-order valence-corrected chi connectivity index (χ3v) is 2.08. The second kappa shape index (κ2) is 1.26. The van der Waals surface area contributed by atoms with Crippen molar-refractivity contribution in [1.29, 1.82) is 0 Å². The zero-order valence-electron chi connectivity index (χ0n) is 5.44. The zero-order chi connectivity index (χ0) is 6.36. The van der Waals surface area contributed by atoms with Crippen LogP contribution in [0.4, 0.5) is 0 Å². The van der Waals surface area contributed by atoms with E-state index >= 15 is 0 Å². The number of nitrogens with two attached hydrogens (primary N) is 1. The Kier molecular flexibility index (Phi) is 0.886. The van der Waals surface area contributed by atoms with Gasteiger partial charge in [-0.3, -0.25) is 0 Å². The maximum atomic E-state index is 5.49. The standard InChI is InChI=1S/C6H12N2/c1-4-6(3)5(2)8(6)7/h2,4,7H2,1,3H3. The summed E-state index contributed by atoms with van der Waals surface area (Å²) >= 11 is 0. The molecule has 0 bridgehead atoms. The molecule has 0 amide bonds. The van der Waals surface area contributed by atoms with Gasteiger partial charge in [0.1, 0.15) is 0 Å². The van der Waals surface area contributed by atoms with Gasteiger partial charge in [-0.2, -0.15) is 0 Å². The fraction of sp³-hybridized carbons (Fsp3) is 0.667. The van der Waals surface area contributed by atoms with Gasteiger partial charge in [0.25, 0.3) is 0 Å². The maximum Gasteiger partial charge on any atom is 0.0930 e. The molecule has 2 nitrogen and oxygen atoms in total. The van der Waals surface area contributed by atoms with Crippen LogP contribution >= 0.6 is 0 Å². The van der Waals surface area contributed by atoms with Gasteiger partial charge < -0.3 is 5.01 Å². The predicted molar refractivity (Wildman–Crippen MR) is 33.9 cm³/mol. The van der Waals surface area contributed by atoms with Crippen LogP contribution in [-0.2, 0) is 0 Å². The molecule has 1 fully saturated rings. The van der Waals surface area contributed by atoms with Crippen molar-refractivity contribution in [3.05, 3.63) is 12.3 Å². The van der Waals surface area contributed by atoms with Crippen molar-refractivity contribution in [3.63, 3.8) is 0 Å². The first-order valence-corrected chi connectivity index (χ1v) is 2.87. The SMILES string of the molecule is C=C1N(N)C1(C)CC. The Balaban J connectivity index is 2.63. The van der Waals surface area contributed by atoms with Gasteiger partial charge in [-0.25, -0.2) is 5.84 Å². The molecule has 1 rings (SSSR count). The molecule has 1 heterocycles. The predicted octanol–water partition coefficient (Wildman–Crippen LogP) is 0.858. The van der Waals surface area contributed by atoms with Crippen LogP contribution in [0, 0.1) is 0 Å². The lowest BCUT2D eigenvalue weighted by molar-refractivity contribution is 0.435. The fourth-order valence-electron chi connectivity index (χ4n) is 0.829. The quantitative estimate of drug-likeness (QED) is 0.402. The second-order valence-corrected chi connectivity index (χ2v) is 2.44. The third kappa shape index (κ3) is 0.409. The molecule has 2 heteroatoms. The van der Waals surface area contributed by atoms with E-state index in [0.29, 0.717) is 0 Å². The van der Waals surface area contributed by atoms with Crippen LogP contribution in [-0.4, -0.2) is 10.5 Å². The average molecular weight is 112 g/mol. The summed E-state index contributed by atoms with van der Waals surface area (Å²) in [5, 5.41) is 1.72. The van der Waals surface area contributed by atoms with E-state index in [2.05, 4.69) is 20.4 Å². The Morgan fingerprint density at radius 1 is 1.88 bits per heavy atom. The molecular formula is C6H12N2. The largest absolute Gasteiger partial charge is 0.302 e. The number of nitrogens with zero attached hydrogens (tertiary/aromatic N) is 1. The second-order valence-electron chi connectivity index (χ2n) is 2.44. The minimum absolute atomic E-state index is 0.125. The summed E-state index contributed by atoms with van der Waals surface area (Å²) in [4.78, 5) is 0. The molecule has 0 aromatic heterocycles. The summed E-state index contributed by atoms with van der Waals surface area (Å²) < 4.78 is 0. The summed E-state index contributed by atoms with van der Waals surface area (Å²) in [5.74, 6) is 5.49. The summed E-state index contributed by atoms with van der Waals surface area (Å²) in [6.07, 6.45) is 1.06. The lowest BCUT2D eigenvalue weighted by atomic mass is 10.1. The Bertz CT molecular complexity index is 130. The van der Waals surface area contributed by atoms with Crippen LogP contribution in [0.5, 0.6) is 0 Å². The number of rotatable bonds is 1. The van der Waals surface area contributed by atoms with Gasteiger partial charge in [0.2, 0.25) is 0 Å². The molecular weight excluding hydrogens is 100 g/mol. The van der Waals surface area contributed by atoms with Crippen LogP contribution in [0.15, 0.2) is 12.3 Å². The number of hydrazine groups is 1. The first kappa shape index (κ1) is 5.63. The van der Waals surface area contributed by atoms with Gasteiger partial charge in [0, 0.05) is 5.70 Å². The minimum atomic E-state index is 0.125. The summed E-state index contributed by atoms with van der Waals surface area (Å²) in [6.45, 7) is 7.97. The van der Waals surface area contributed by atoms with Crippen molar-refractivity contribution in [1.82, 2.24) is 5.01 Å². The van der Waals surface area contributed by atoms with Crippen molar-refractivity contribution in [2.24, 2.45) is 5.84 Å². The molecule has 0 radical (unpaired) electrons. The Labute approximate surface area is 49.9 Å². The van der Waals surface area contributed by atoms with E-state index in [4.69, 9.17) is 5.84 Å². The highest BCUT2D eigenvalue weighted by molar-refractivity contribution is 5.30. The lowest BCUT2D eigenvalue weighted by Crippen LogP contribution is -2.17. The molecule has 0 aliphatic carbocycles. The van der Waals surface area contributed by atoms with E-state index in [9.17, 15) is 0 Å². The van der Waals surface area contributed by atoms with Gasteiger partial charge in [-0.05, 0) is 13.3 Å². The van der Waals surface area contributed by atoms with Gasteiger partial charge in [-0.1, -0.05) is 13.5 Å². The van der Waals surface area contributed by atoms with Crippen molar-refractivity contribution >= 4 is 0 Å². The highest BCUT2D eigenvalue weighted by Gasteiger charge is 2.48. The molecule has 1 saturated heterocycles. The van der Waals surface area contributed by atoms with Crippen LogP contribution in [0.3, 0.4) is 0 Å². The van der Waals surface area contributed by atoms with Crippen molar-refractivity contribution in [2.75, 3.05) is 0 Å². The van der Waals surface area contributed by atoms with Crippen molar-refractivity contribution < 1.29 is 0 Å². The molecule has 1 aliphatic rings. The molecule has 0 aromatic rings. The Morgan fingerprint density at radius 2 is 2.25 bits per heavy atom. The van der Waals surface area contributed by atoms with Gasteiger partial charge in [0.15, 0.2) is 0 Å². The van der Waals surface area contributed by atoms with E-state index < -0.39 is 0 Å². The lowest BCUT2D eigenvalue weighted by Gasteiger charge is -2.00. The van der Waals surface area contributed by atoms with E-state index in [0.717, 1.165) is 12.1 Å². The minimum Gasteiger partial charge on any atom is -0.302 e. The molecule has 0 spiro atoms. The van der Waals surface area contributed by atoms with E-state index in [1.54, 1.807) is 5.01 Å². The molecule has 46 valence electrons. The molecule has 8 heavy (non-hydrogen) atoms. The first-order chi connectivity index (χ1) is 3.63. The first-order valence-electron chi connectivity index (χ1n) is 2.87. The Morgan fingerprint density at radius 3 is 2.25 bits per heavy atom. The van der Waals surface area contributed by atoms with E-state index in [-0.39, 0.29) is 5.54 Å². The van der Waals surface area contributed by atoms with E-state index in [1.165, 1.54) is 0 Å². The summed E-state index contributed by atoms with van der Waals surface area (Å²) in [5.41, 5.74) is 1.18. The fourth-order valence-corrected chi connectivity index (χ4v) is 0.829. The van der Waals surface area contributed by atoms with Crippen LogP contribution in [0.2, 0.25) is 0 Å². The number of hydrogen-bond donors (Lipinski definition) is 1. The molecule has 2 N–H and O–H groups in total. The summed E-state index contributed by atoms with van der Waals surface area (Å²) in [6, 6.07) is 0. The van der Waals surface area contributed by atoms with Gasteiger partial charge >= 0.3 is 0 Å². The van der Waals surface area contributed by atoms with Crippen LogP contribution in [0.1, 0.15) is 20.3 Å². The van der Waals surface area contributed by atoms with Gasteiger partial charge in [-0.15, -0.1) is 0 Å². The molecule has 0 saturated carbocycles. The smallest absolute Gasteiger partial charge is 0.0930 e. The van der Waals surface area contributed by atoms with Crippen molar-refractivity contribution in [3.8, 4) is 0 Å². The molecule has 1 unspecified atom stereocenters. The van der Waals surface area contributed by atoms with Crippen LogP contribution < -0.4 is 5.84 Å². The zero-order valence-corrected chi connectivity index (χ0v) is 5.44. The van der Waals surface area contributed by atoms with Crippen molar-refractivity contribution in [2.45, 2.75) is 25.8 Å². The van der Waals surface area contributed by atoms with E-state index in [1.807, 2.05) is 0 Å². The molecule has 1 atom stereocenters. The molecule has 0 aromatic carbocycles. The van der Waals surface area contributed by atoms with Crippen LogP contribution in [0.25, 0.3) is 0 Å². The maximum absolute atomic E-state index is 5.49. The van der Waals surface area contributed by atoms with Gasteiger partial charge in [0.05, 0.1) is 5.54 Å². The monoisotopic (exact) mass is 112 g/mol. The topological polar surface area (TPSA) is 29.0 Å². The summed E-state index contributed by atoms with van der Waals surface area (Å²) in [7, 11) is 0. The average Bonchev–Trinajstić information content (AvgIpc) is 2.22. The normalized spacial score (nSPS) is 35.9. The third-order valence-electron chi connectivity index (χ3n) is 2.08. The number of hydrogen-bond acceptors (Lipinski definition) is 2.